The van der Waals surface area contributed by atoms with Crippen LogP contribution in [0.25, 0.3) is 11.5 Å². The fourth-order valence-electron chi connectivity index (χ4n) is 3.55. The molecular weight excluding hydrogens is 324 g/mol. The molecule has 0 saturated carbocycles. The summed E-state index contributed by atoms with van der Waals surface area (Å²) >= 11 is 0. The normalized spacial score (nSPS) is 14.2. The lowest BCUT2D eigenvalue weighted by Crippen LogP contribution is -2.35. The highest BCUT2D eigenvalue weighted by Crippen LogP contribution is 2.20. The molecule has 2 aromatic heterocycles. The van der Waals surface area contributed by atoms with Crippen LogP contribution in [0.1, 0.15) is 29.3 Å². The van der Waals surface area contributed by atoms with Gasteiger partial charge in [0.05, 0.1) is 5.69 Å². The van der Waals surface area contributed by atoms with E-state index < -0.39 is 0 Å². The Morgan fingerprint density at radius 2 is 1.92 bits per heavy atom. The Balaban J connectivity index is 1.62. The maximum Gasteiger partial charge on any atom is 0.254 e. The fourth-order valence-corrected chi connectivity index (χ4v) is 3.55. The Kier molecular flexibility index (Phi) is 4.63. The van der Waals surface area contributed by atoms with Crippen LogP contribution < -0.4 is 5.56 Å². The van der Waals surface area contributed by atoms with Crippen molar-refractivity contribution in [3.63, 3.8) is 0 Å². The molecule has 26 heavy (non-hydrogen) atoms. The van der Waals surface area contributed by atoms with Crippen molar-refractivity contribution in [1.82, 2.24) is 19.9 Å². The summed E-state index contributed by atoms with van der Waals surface area (Å²) in [6, 6.07) is 14.2. The molecule has 1 N–H and O–H groups in total. The van der Waals surface area contributed by atoms with Gasteiger partial charge in [-0.25, -0.2) is 4.98 Å². The van der Waals surface area contributed by atoms with Crippen LogP contribution in [0.15, 0.2) is 53.5 Å². The molecule has 1 aliphatic heterocycles. The van der Waals surface area contributed by atoms with Crippen LogP contribution in [0, 0.1) is 0 Å². The van der Waals surface area contributed by atoms with E-state index in [9.17, 15) is 4.79 Å². The van der Waals surface area contributed by atoms with Crippen molar-refractivity contribution >= 4 is 0 Å². The molecule has 0 fully saturated rings. The molecular formula is C21H22N4O. The molecule has 0 aliphatic carbocycles. The average Bonchev–Trinajstić information content (AvgIpc) is 2.69. The molecule has 0 radical (unpaired) electrons. The lowest BCUT2D eigenvalue weighted by atomic mass is 10.0. The van der Waals surface area contributed by atoms with Crippen LogP contribution in [0.3, 0.4) is 0 Å². The van der Waals surface area contributed by atoms with E-state index >= 15 is 0 Å². The highest BCUT2D eigenvalue weighted by Gasteiger charge is 2.22. The van der Waals surface area contributed by atoms with Gasteiger partial charge in [0.1, 0.15) is 5.69 Å². The Hall–Kier alpha value is -2.79. The first-order chi connectivity index (χ1) is 12.7. The Bertz CT molecular complexity index is 965. The molecule has 0 unspecified atom stereocenters. The minimum atomic E-state index is -0.0377. The fraction of sp³-hybridized carbons (Fsp3) is 0.286. The van der Waals surface area contributed by atoms with E-state index in [2.05, 4.69) is 46.1 Å². The number of aromatic nitrogens is 3. The first kappa shape index (κ1) is 16.7. The second-order valence-electron chi connectivity index (χ2n) is 6.64. The number of fused-ring (bicyclic) bond motifs is 1. The molecule has 1 aromatic carbocycles. The van der Waals surface area contributed by atoms with Gasteiger partial charge in [-0.1, -0.05) is 37.3 Å². The number of benzene rings is 1. The monoisotopic (exact) mass is 346 g/mol. The first-order valence-corrected chi connectivity index (χ1v) is 9.07. The first-order valence-electron chi connectivity index (χ1n) is 9.07. The topological polar surface area (TPSA) is 61.9 Å². The van der Waals surface area contributed by atoms with Gasteiger partial charge in [0, 0.05) is 31.4 Å². The molecule has 5 heteroatoms. The maximum atomic E-state index is 12.5. The van der Waals surface area contributed by atoms with E-state index in [1.54, 1.807) is 6.20 Å². The van der Waals surface area contributed by atoms with E-state index in [1.807, 2.05) is 18.2 Å². The van der Waals surface area contributed by atoms with Crippen LogP contribution in [0.5, 0.6) is 0 Å². The number of pyridine rings is 1. The molecule has 0 amide bonds. The molecule has 132 valence electrons. The van der Waals surface area contributed by atoms with Crippen molar-refractivity contribution < 1.29 is 0 Å². The predicted octanol–water partition coefficient (Wildman–Crippen LogP) is 2.95. The lowest BCUT2D eigenvalue weighted by molar-refractivity contribution is 0.240. The highest BCUT2D eigenvalue weighted by atomic mass is 16.1. The highest BCUT2D eigenvalue weighted by molar-refractivity contribution is 5.49. The Morgan fingerprint density at radius 1 is 1.12 bits per heavy atom. The van der Waals surface area contributed by atoms with Gasteiger partial charge in [-0.05, 0) is 36.1 Å². The molecule has 4 rings (SSSR count). The Labute approximate surface area is 152 Å². The van der Waals surface area contributed by atoms with Crippen LogP contribution in [0.4, 0.5) is 0 Å². The van der Waals surface area contributed by atoms with Gasteiger partial charge < -0.3 is 4.98 Å². The average molecular weight is 346 g/mol. The summed E-state index contributed by atoms with van der Waals surface area (Å²) in [5, 5.41) is 0. The zero-order valence-electron chi connectivity index (χ0n) is 14.9. The van der Waals surface area contributed by atoms with Gasteiger partial charge in [0.25, 0.3) is 5.56 Å². The summed E-state index contributed by atoms with van der Waals surface area (Å²) in [4.78, 5) is 26.8. The number of H-pyrrole nitrogens is 1. The maximum absolute atomic E-state index is 12.5. The Morgan fingerprint density at radius 3 is 2.69 bits per heavy atom. The predicted molar refractivity (Wildman–Crippen MR) is 102 cm³/mol. The lowest BCUT2D eigenvalue weighted by Gasteiger charge is -2.28. The zero-order chi connectivity index (χ0) is 17.9. The van der Waals surface area contributed by atoms with Gasteiger partial charge in [-0.3, -0.25) is 14.7 Å². The van der Waals surface area contributed by atoms with Crippen molar-refractivity contribution in [2.75, 3.05) is 6.54 Å². The number of nitrogens with one attached hydrogen (secondary N) is 1. The minimum absolute atomic E-state index is 0.0377. The smallest absolute Gasteiger partial charge is 0.254 e. The second-order valence-corrected chi connectivity index (χ2v) is 6.64. The van der Waals surface area contributed by atoms with Gasteiger partial charge >= 0.3 is 0 Å². The van der Waals surface area contributed by atoms with Crippen molar-refractivity contribution in [3.8, 4) is 11.5 Å². The molecule has 0 spiro atoms. The van der Waals surface area contributed by atoms with Crippen molar-refractivity contribution in [3.05, 3.63) is 81.4 Å². The summed E-state index contributed by atoms with van der Waals surface area (Å²) in [6.07, 6.45) is 3.47. The summed E-state index contributed by atoms with van der Waals surface area (Å²) in [6.45, 7) is 4.64. The quantitative estimate of drug-likeness (QED) is 0.789. The van der Waals surface area contributed by atoms with Crippen LogP contribution in [-0.2, 0) is 25.9 Å². The molecule has 5 nitrogen and oxygen atoms in total. The third-order valence-electron chi connectivity index (χ3n) is 4.95. The van der Waals surface area contributed by atoms with Gasteiger partial charge in [0.2, 0.25) is 0 Å². The molecule has 3 heterocycles. The number of aromatic amines is 1. The molecule has 1 aliphatic rings. The third kappa shape index (κ3) is 3.30. The van der Waals surface area contributed by atoms with Crippen molar-refractivity contribution in [2.45, 2.75) is 32.9 Å². The van der Waals surface area contributed by atoms with E-state index in [0.717, 1.165) is 37.2 Å². The summed E-state index contributed by atoms with van der Waals surface area (Å²) in [5.41, 5.74) is 5.07. The number of hydrogen-bond donors (Lipinski definition) is 1. The molecule has 3 aromatic rings. The standard InChI is InChI=1S/C21H22N4O/c1-2-15-7-3-4-8-16(15)13-25-12-10-17-19(14-25)23-20(24-21(17)26)18-9-5-6-11-22-18/h3-9,11H,2,10,12-14H2,1H3,(H,23,24,26). The van der Waals surface area contributed by atoms with E-state index in [1.165, 1.54) is 11.1 Å². The number of rotatable bonds is 4. The van der Waals surface area contributed by atoms with Crippen LogP contribution in [-0.4, -0.2) is 26.4 Å². The summed E-state index contributed by atoms with van der Waals surface area (Å²) < 4.78 is 0. The summed E-state index contributed by atoms with van der Waals surface area (Å²) in [7, 11) is 0. The SMILES string of the molecule is CCc1ccccc1CN1CCc2c(nc(-c3ccccn3)[nH]c2=O)C1. The van der Waals surface area contributed by atoms with Crippen LogP contribution in [0.2, 0.25) is 0 Å². The van der Waals surface area contributed by atoms with Gasteiger partial charge in [-0.15, -0.1) is 0 Å². The summed E-state index contributed by atoms with van der Waals surface area (Å²) in [5.74, 6) is 0.546. The van der Waals surface area contributed by atoms with E-state index in [4.69, 9.17) is 4.98 Å². The molecule has 0 saturated heterocycles. The van der Waals surface area contributed by atoms with E-state index in [0.29, 0.717) is 18.1 Å². The van der Waals surface area contributed by atoms with E-state index in [-0.39, 0.29) is 5.56 Å². The van der Waals surface area contributed by atoms with Crippen molar-refractivity contribution in [1.29, 1.82) is 0 Å². The largest absolute Gasteiger partial charge is 0.305 e. The van der Waals surface area contributed by atoms with Crippen molar-refractivity contribution in [2.24, 2.45) is 0 Å². The van der Waals surface area contributed by atoms with Crippen LogP contribution >= 0.6 is 0 Å². The molecule has 0 atom stereocenters. The molecule has 0 bridgehead atoms. The van der Waals surface area contributed by atoms with Gasteiger partial charge in [-0.2, -0.15) is 0 Å². The minimum Gasteiger partial charge on any atom is -0.305 e. The van der Waals surface area contributed by atoms with Gasteiger partial charge in [0.15, 0.2) is 5.82 Å². The second kappa shape index (κ2) is 7.22. The zero-order valence-corrected chi connectivity index (χ0v) is 14.9. The third-order valence-corrected chi connectivity index (χ3v) is 4.95. The number of nitrogens with zero attached hydrogens (tertiary/aromatic N) is 3. The number of aryl methyl sites for hydroxylation is 1. The number of hydrogen-bond acceptors (Lipinski definition) is 4.